The molecule has 82 valence electrons. The van der Waals surface area contributed by atoms with Gasteiger partial charge in [-0.15, -0.1) is 12.4 Å². The molecule has 0 unspecified atom stereocenters. The van der Waals surface area contributed by atoms with E-state index < -0.39 is 0 Å². The average Bonchev–Trinajstić information content (AvgIpc) is 2.46. The third-order valence-electron chi connectivity index (χ3n) is 1.94. The summed E-state index contributed by atoms with van der Waals surface area (Å²) in [5, 5.41) is 1.36. The molecule has 0 aliphatic carbocycles. The molecule has 2 rings (SSSR count). The number of aromatic nitrogens is 1. The fraction of sp³-hybridized carbons (Fsp3) is 0.222. The molecule has 1 heterocycles. The third-order valence-corrected chi connectivity index (χ3v) is 4.53. The van der Waals surface area contributed by atoms with Crippen LogP contribution in [-0.2, 0) is 6.54 Å². The summed E-state index contributed by atoms with van der Waals surface area (Å²) in [6.07, 6.45) is 0. The molecule has 0 atom stereocenters. The van der Waals surface area contributed by atoms with Crippen molar-refractivity contribution in [2.75, 3.05) is 6.54 Å². The zero-order valence-electron chi connectivity index (χ0n) is 7.77. The second-order valence-corrected chi connectivity index (χ2v) is 5.59. The zero-order chi connectivity index (χ0) is 10.1. The molecule has 0 saturated heterocycles. The molecule has 0 amide bonds. The zero-order valence-corrected chi connectivity index (χ0v) is 11.1. The molecule has 1 aromatic heterocycles. The Morgan fingerprint density at radius 3 is 2.87 bits per heavy atom. The summed E-state index contributed by atoms with van der Waals surface area (Å²) in [6, 6.07) is 5.48. The van der Waals surface area contributed by atoms with Gasteiger partial charge in [-0.1, -0.05) is 0 Å². The summed E-state index contributed by atoms with van der Waals surface area (Å²) in [4.78, 5) is 11.8. The van der Waals surface area contributed by atoms with Gasteiger partial charge in [0.1, 0.15) is 0 Å². The van der Waals surface area contributed by atoms with E-state index in [2.05, 4.69) is 0 Å². The van der Waals surface area contributed by atoms with Gasteiger partial charge in [-0.25, -0.2) is 0 Å². The van der Waals surface area contributed by atoms with Crippen molar-refractivity contribution >= 4 is 48.4 Å². The first-order chi connectivity index (χ1) is 6.72. The summed E-state index contributed by atoms with van der Waals surface area (Å²) in [6.45, 7) is 1.14. The molecule has 0 fully saturated rings. The normalized spacial score (nSPS) is 10.3. The number of fused-ring (bicyclic) bond motifs is 1. The third kappa shape index (κ3) is 2.46. The van der Waals surface area contributed by atoms with Crippen LogP contribution >= 0.6 is 24.0 Å². The quantitative estimate of drug-likeness (QED) is 0.844. The molecule has 15 heavy (non-hydrogen) atoms. The van der Waals surface area contributed by atoms with Crippen LogP contribution in [0.5, 0.6) is 0 Å². The van der Waals surface area contributed by atoms with E-state index in [4.69, 9.17) is 17.3 Å². The van der Waals surface area contributed by atoms with Crippen molar-refractivity contribution in [2.45, 2.75) is 6.54 Å². The monoisotopic (exact) mass is 312 g/mol. The van der Waals surface area contributed by atoms with Gasteiger partial charge in [-0.05, 0) is 0 Å². The summed E-state index contributed by atoms with van der Waals surface area (Å²) in [7, 11) is 0. The van der Waals surface area contributed by atoms with E-state index >= 15 is 0 Å². The van der Waals surface area contributed by atoms with Crippen LogP contribution < -0.4 is 11.3 Å². The molecule has 1 aromatic carbocycles. The fourth-order valence-corrected chi connectivity index (χ4v) is 3.55. The first-order valence-electron chi connectivity index (χ1n) is 4.22. The summed E-state index contributed by atoms with van der Waals surface area (Å²) < 4.78 is 2.90. The molecule has 6 heteroatoms. The van der Waals surface area contributed by atoms with E-state index in [1.165, 1.54) is 0 Å². The second kappa shape index (κ2) is 5.19. The summed E-state index contributed by atoms with van der Waals surface area (Å²) in [5.74, 6) is 0. The maximum absolute atomic E-state index is 11.8. The summed E-state index contributed by atoms with van der Waals surface area (Å²) in [5.41, 5.74) is 5.49. The molecular formula is C9H10Cl2N2OSe. The molecule has 3 nitrogen and oxygen atoms in total. The Morgan fingerprint density at radius 1 is 1.47 bits per heavy atom. The predicted octanol–water partition coefficient (Wildman–Crippen LogP) is 1.09. The molecule has 2 N–H and O–H groups in total. The van der Waals surface area contributed by atoms with Crippen molar-refractivity contribution in [2.24, 2.45) is 5.73 Å². The van der Waals surface area contributed by atoms with Gasteiger partial charge in [-0.2, -0.15) is 0 Å². The van der Waals surface area contributed by atoms with Gasteiger partial charge < -0.3 is 0 Å². The van der Waals surface area contributed by atoms with E-state index in [0.717, 1.165) is 9.65 Å². The SMILES string of the molecule is Cl.NCCn1[se]c2ccc(Cl)cc2c1=O. The van der Waals surface area contributed by atoms with Crippen LogP contribution in [0.25, 0.3) is 9.65 Å². The van der Waals surface area contributed by atoms with E-state index in [0.29, 0.717) is 18.1 Å². The van der Waals surface area contributed by atoms with Crippen LogP contribution in [0.4, 0.5) is 0 Å². The fourth-order valence-electron chi connectivity index (χ4n) is 1.31. The Bertz CT molecular complexity index is 520. The average molecular weight is 312 g/mol. The molecule has 0 spiro atoms. The van der Waals surface area contributed by atoms with Crippen LogP contribution in [0, 0.1) is 0 Å². The first kappa shape index (κ1) is 12.8. The van der Waals surface area contributed by atoms with Crippen LogP contribution in [0.3, 0.4) is 0 Å². The van der Waals surface area contributed by atoms with Gasteiger partial charge in [0.05, 0.1) is 0 Å². The topological polar surface area (TPSA) is 48.0 Å². The van der Waals surface area contributed by atoms with Crippen LogP contribution in [0.1, 0.15) is 0 Å². The van der Waals surface area contributed by atoms with Crippen molar-refractivity contribution in [3.63, 3.8) is 0 Å². The summed E-state index contributed by atoms with van der Waals surface area (Å²) >= 11 is 5.90. The Hall–Kier alpha value is -0.251. The van der Waals surface area contributed by atoms with Gasteiger partial charge in [0.25, 0.3) is 0 Å². The van der Waals surface area contributed by atoms with E-state index in [9.17, 15) is 4.79 Å². The van der Waals surface area contributed by atoms with Crippen LogP contribution in [-0.4, -0.2) is 24.8 Å². The number of rotatable bonds is 2. The van der Waals surface area contributed by atoms with Crippen LogP contribution in [0.15, 0.2) is 23.0 Å². The molecule has 0 aliphatic heterocycles. The van der Waals surface area contributed by atoms with Crippen molar-refractivity contribution in [1.29, 1.82) is 0 Å². The number of halogens is 2. The second-order valence-electron chi connectivity index (χ2n) is 2.93. The van der Waals surface area contributed by atoms with Crippen molar-refractivity contribution in [3.05, 3.63) is 33.6 Å². The Kier molecular flexibility index (Phi) is 4.44. The minimum absolute atomic E-state index is 0. The number of benzene rings is 1. The van der Waals surface area contributed by atoms with Gasteiger partial charge in [-0.3, -0.25) is 0 Å². The van der Waals surface area contributed by atoms with Crippen molar-refractivity contribution in [3.8, 4) is 0 Å². The molecule has 0 aliphatic rings. The number of hydrogen-bond acceptors (Lipinski definition) is 2. The first-order valence-corrected chi connectivity index (χ1v) is 6.22. The predicted molar refractivity (Wildman–Crippen MR) is 66.5 cm³/mol. The minimum atomic E-state index is 0. The molecular weight excluding hydrogens is 302 g/mol. The van der Waals surface area contributed by atoms with Gasteiger partial charge in [0.2, 0.25) is 0 Å². The number of hydrogen-bond donors (Lipinski definition) is 1. The maximum atomic E-state index is 11.8. The number of nitrogens with zero attached hydrogens (tertiary/aromatic N) is 1. The van der Waals surface area contributed by atoms with E-state index in [1.807, 2.05) is 12.1 Å². The molecule has 0 bridgehead atoms. The standard InChI is InChI=1S/C9H9ClN2OSe.ClH/c10-6-1-2-8-7(5-6)9(13)12(14-8)4-3-11;/h1-2,5H,3-4,11H2;1H. The van der Waals surface area contributed by atoms with Gasteiger partial charge in [0.15, 0.2) is 0 Å². The molecule has 0 saturated carbocycles. The van der Waals surface area contributed by atoms with Crippen LogP contribution in [0.2, 0.25) is 5.02 Å². The number of nitrogens with two attached hydrogens (primary N) is 1. The van der Waals surface area contributed by atoms with Crippen molar-refractivity contribution in [1.82, 2.24) is 3.56 Å². The molecule has 0 radical (unpaired) electrons. The van der Waals surface area contributed by atoms with Crippen molar-refractivity contribution < 1.29 is 0 Å². The van der Waals surface area contributed by atoms with Gasteiger partial charge in [0, 0.05) is 0 Å². The van der Waals surface area contributed by atoms with E-state index in [1.54, 1.807) is 9.63 Å². The Labute approximate surface area is 104 Å². The molecule has 2 aromatic rings. The van der Waals surface area contributed by atoms with Gasteiger partial charge >= 0.3 is 91.9 Å². The Morgan fingerprint density at radius 2 is 2.20 bits per heavy atom. The Balaban J connectivity index is 0.00000112. The van der Waals surface area contributed by atoms with E-state index in [-0.39, 0.29) is 32.7 Å².